The zero-order valence-electron chi connectivity index (χ0n) is 67.7. The first-order valence-electron chi connectivity index (χ1n) is 37.9. The molecule has 0 unspecified atom stereocenters. The van der Waals surface area contributed by atoms with Gasteiger partial charge in [0, 0.05) is 127 Å². The fourth-order valence-electron chi connectivity index (χ4n) is 13.1. The van der Waals surface area contributed by atoms with Crippen molar-refractivity contribution in [3.8, 4) is 22.5 Å². The molecule has 22 nitrogen and oxygen atoms in total. The van der Waals surface area contributed by atoms with Crippen molar-refractivity contribution in [1.29, 1.82) is 0 Å². The van der Waals surface area contributed by atoms with Gasteiger partial charge < -0.3 is 63.1 Å². The highest BCUT2D eigenvalue weighted by Crippen LogP contribution is 2.42. The van der Waals surface area contributed by atoms with Gasteiger partial charge in [-0.25, -0.2) is 15.0 Å². The van der Waals surface area contributed by atoms with E-state index in [9.17, 15) is 28.8 Å². The Kier molecular flexibility index (Phi) is 29.4. The molecule has 2 aliphatic heterocycles. The van der Waals surface area contributed by atoms with Gasteiger partial charge in [0.2, 0.25) is 0 Å². The number of hydrogen-bond donors (Lipinski definition) is 4. The zero-order valence-corrected chi connectivity index (χ0v) is 67.7. The van der Waals surface area contributed by atoms with Crippen molar-refractivity contribution >= 4 is 93.6 Å². The Labute approximate surface area is 639 Å². The molecule has 0 fully saturated rings. The van der Waals surface area contributed by atoms with Gasteiger partial charge in [-0.2, -0.15) is 0 Å². The summed E-state index contributed by atoms with van der Waals surface area (Å²) in [5.41, 5.74) is 2.81. The fourth-order valence-corrected chi connectivity index (χ4v) is 13.1. The van der Waals surface area contributed by atoms with Crippen LogP contribution in [-0.2, 0) is 86.6 Å². The lowest BCUT2D eigenvalue weighted by molar-refractivity contribution is -0.158. The molecule has 0 spiro atoms. The number of rotatable bonds is 36. The number of imidazole rings is 1. The zero-order chi connectivity index (χ0) is 79.6. The second-order valence-electron chi connectivity index (χ2n) is 34.1. The summed E-state index contributed by atoms with van der Waals surface area (Å²) in [5.74, 6) is -2.27. The Bertz CT molecular complexity index is 3940. The summed E-state index contributed by atoms with van der Waals surface area (Å²) in [6, 6.07) is 14.0. The summed E-state index contributed by atoms with van der Waals surface area (Å²) in [6.07, 6.45) is 17.1. The molecule has 22 heteroatoms. The number of nitrogens with zero attached hydrogens (tertiary/aromatic N) is 4. The minimum Gasteiger partial charge on any atom is -0.460 e. The smallest absolute Gasteiger partial charge is 0.306 e. The first kappa shape index (κ1) is 86.1. The van der Waals surface area contributed by atoms with Gasteiger partial charge >= 0.3 is 35.8 Å². The number of anilines is 2. The molecule has 0 saturated carbocycles. The van der Waals surface area contributed by atoms with Crippen molar-refractivity contribution in [2.45, 2.75) is 272 Å². The van der Waals surface area contributed by atoms with Gasteiger partial charge in [-0.1, -0.05) is 12.2 Å². The molecule has 0 radical (unpaired) electrons. The molecule has 0 saturated heterocycles. The predicted octanol–water partition coefficient (Wildman–Crippen LogP) is 18.0. The molecule has 4 aromatic heterocycles. The van der Waals surface area contributed by atoms with Crippen molar-refractivity contribution in [3.05, 3.63) is 114 Å². The van der Waals surface area contributed by atoms with Crippen LogP contribution < -0.4 is 10.6 Å². The standard InChI is InChI=1S/C86H120N8O14/c1-22-50-101-52-24-26-60-62-28-32-66(88-62)76(67-33-29-63(89-67)61(27-25-53-102-51-23-2)65-31-35-69(91-65)77(68-34-30-64(60)90-68)78-87-48-49-94(78)21)57-54-58(92-85(42-36-70(95)103-79(3,4)5,43-37-71(96)104-80(6,7)8)44-38-72(97)105-81(9,10)11)56-59(55-57)93-86(45-39-73(98)106-82(12,13)14,46-40-74(99)107-83(15,16)17)47-41-75(100)108-84(18,19)20/h22-23,28-35,48-49,54-56,88,91-93H,1-2,24-27,36-47,50-53H2,3-21H3. The number of hydrogen-bond acceptors (Lipinski definition) is 19. The molecule has 8 bridgehead atoms. The van der Waals surface area contributed by atoms with Gasteiger partial charge in [-0.15, -0.1) is 13.2 Å². The van der Waals surface area contributed by atoms with E-state index in [1.807, 2.05) is 72.4 Å². The summed E-state index contributed by atoms with van der Waals surface area (Å²) in [6.45, 7) is 41.7. The van der Waals surface area contributed by atoms with Crippen LogP contribution in [0.1, 0.15) is 248 Å². The molecular weight excluding hydrogens is 1370 g/mol. The Morgan fingerprint density at radius 1 is 0.435 bits per heavy atom. The summed E-state index contributed by atoms with van der Waals surface area (Å²) < 4.78 is 49.8. The molecular formula is C86H120N8O14. The molecule has 6 heterocycles. The number of benzene rings is 1. The summed E-state index contributed by atoms with van der Waals surface area (Å²) >= 11 is 0. The number of fused-ring (bicyclic) bond motifs is 8. The molecule has 4 N–H and O–H groups in total. The monoisotopic (exact) mass is 1490 g/mol. The number of carbonyl (C=O) groups is 6. The fraction of sp³-hybridized carbons (Fsp3) is 0.547. The number of H-pyrrole nitrogens is 2. The lowest BCUT2D eigenvalue weighted by Crippen LogP contribution is -2.42. The van der Waals surface area contributed by atoms with Gasteiger partial charge in [-0.05, 0) is 261 Å². The topological polar surface area (TPSA) is 276 Å². The van der Waals surface area contributed by atoms with Gasteiger partial charge in [0.05, 0.1) is 47.1 Å². The molecule has 108 heavy (non-hydrogen) atoms. The maximum atomic E-state index is 14.2. The lowest BCUT2D eigenvalue weighted by atomic mass is 9.82. The third kappa shape index (κ3) is 27.8. The maximum Gasteiger partial charge on any atom is 0.306 e. The van der Waals surface area contributed by atoms with Crippen LogP contribution in [0.15, 0.2) is 80.2 Å². The average molecular weight is 1490 g/mol. The molecule has 5 aromatic rings. The second-order valence-corrected chi connectivity index (χ2v) is 34.1. The van der Waals surface area contributed by atoms with Crippen molar-refractivity contribution in [2.24, 2.45) is 7.05 Å². The van der Waals surface area contributed by atoms with Crippen LogP contribution in [0.3, 0.4) is 0 Å². The van der Waals surface area contributed by atoms with Crippen molar-refractivity contribution in [1.82, 2.24) is 29.5 Å². The minimum absolute atomic E-state index is 0.0593. The molecule has 0 atom stereocenters. The van der Waals surface area contributed by atoms with E-state index in [1.54, 1.807) is 143 Å². The molecule has 0 amide bonds. The van der Waals surface area contributed by atoms with E-state index in [0.717, 1.165) is 38.9 Å². The quantitative estimate of drug-likeness (QED) is 0.0123. The third-order valence-electron chi connectivity index (χ3n) is 17.3. The van der Waals surface area contributed by atoms with Crippen LogP contribution in [0.5, 0.6) is 0 Å². The van der Waals surface area contributed by atoms with E-state index in [2.05, 4.69) is 45.9 Å². The van der Waals surface area contributed by atoms with Crippen molar-refractivity contribution in [3.63, 3.8) is 0 Å². The van der Waals surface area contributed by atoms with E-state index < -0.39 is 80.5 Å². The lowest BCUT2D eigenvalue weighted by Gasteiger charge is -2.38. The van der Waals surface area contributed by atoms with Crippen LogP contribution in [0.4, 0.5) is 11.4 Å². The van der Waals surface area contributed by atoms with E-state index in [1.165, 1.54) is 0 Å². The number of aromatic nitrogens is 6. The van der Waals surface area contributed by atoms with Gasteiger partial charge in [-0.3, -0.25) is 28.8 Å². The van der Waals surface area contributed by atoms with Crippen molar-refractivity contribution < 1.29 is 66.7 Å². The molecule has 2 aliphatic rings. The highest BCUT2D eigenvalue weighted by Gasteiger charge is 2.38. The largest absolute Gasteiger partial charge is 0.460 e. The van der Waals surface area contributed by atoms with Gasteiger partial charge in [0.25, 0.3) is 0 Å². The highest BCUT2D eigenvalue weighted by molar-refractivity contribution is 5.95. The van der Waals surface area contributed by atoms with Crippen LogP contribution >= 0.6 is 0 Å². The molecule has 0 aliphatic carbocycles. The average Bonchev–Trinajstić information content (AvgIpc) is 1.37. The SMILES string of the molecule is C=CCOCCCc1c2nc(c(-c3nccn3C)c3ccc([nH]3)c(CCCOCC=C)c3nc(c(-c4cc(NC(CCC(=O)OC(C)(C)C)(CCC(=O)OC(C)(C)C)CCC(=O)OC(C)(C)C)cc(NC(CCC(=O)OC(C)(C)C)(CCC(=O)OC(C)(C)C)CCC(=O)OC(C)(C)C)c4)c4ccc1[nH]4)C=C3)C=C2. The van der Waals surface area contributed by atoms with Crippen molar-refractivity contribution in [2.75, 3.05) is 37.1 Å². The minimum atomic E-state index is -1.27. The third-order valence-corrected chi connectivity index (χ3v) is 17.3. The first-order chi connectivity index (χ1) is 50.4. The number of esters is 6. The highest BCUT2D eigenvalue weighted by atomic mass is 16.6. The Hall–Kier alpha value is -9.15. The molecule has 1 aromatic carbocycles. The summed E-state index contributed by atoms with van der Waals surface area (Å²) in [7, 11) is 1.96. The van der Waals surface area contributed by atoms with Gasteiger partial charge in [0.1, 0.15) is 39.4 Å². The summed E-state index contributed by atoms with van der Waals surface area (Å²) in [4.78, 5) is 109. The number of aryl methyl sites for hydroxylation is 3. The van der Waals surface area contributed by atoms with Crippen LogP contribution in [0.25, 0.3) is 68.9 Å². The number of carbonyl (C=O) groups excluding carboxylic acids is 6. The van der Waals surface area contributed by atoms with Gasteiger partial charge in [0.15, 0.2) is 0 Å². The Balaban J connectivity index is 1.66. The Morgan fingerprint density at radius 2 is 0.741 bits per heavy atom. The Morgan fingerprint density at radius 3 is 1.05 bits per heavy atom. The van der Waals surface area contributed by atoms with E-state index in [-0.39, 0.29) is 77.0 Å². The predicted molar refractivity (Wildman–Crippen MR) is 428 cm³/mol. The van der Waals surface area contributed by atoms with Crippen LogP contribution in [-0.4, -0.2) is 136 Å². The number of ether oxygens (including phenoxy) is 8. The first-order valence-corrected chi connectivity index (χ1v) is 37.9. The maximum absolute atomic E-state index is 14.2. The van der Waals surface area contributed by atoms with E-state index in [0.29, 0.717) is 103 Å². The summed E-state index contributed by atoms with van der Waals surface area (Å²) in [5, 5.41) is 7.78. The van der Waals surface area contributed by atoms with E-state index in [4.69, 9.17) is 52.8 Å². The number of aromatic amines is 2. The second kappa shape index (κ2) is 36.8. The van der Waals surface area contributed by atoms with E-state index >= 15 is 0 Å². The number of nitrogens with one attached hydrogen (secondary N) is 4. The molecule has 7 rings (SSSR count). The van der Waals surface area contributed by atoms with Crippen LogP contribution in [0, 0.1) is 0 Å². The van der Waals surface area contributed by atoms with Crippen LogP contribution in [0.2, 0.25) is 0 Å². The molecule has 588 valence electrons. The normalized spacial score (nSPS) is 12.9.